The van der Waals surface area contributed by atoms with Gasteiger partial charge in [0.05, 0.1) is 22.8 Å². The summed E-state index contributed by atoms with van der Waals surface area (Å²) in [5.74, 6) is -0.678. The van der Waals surface area contributed by atoms with Gasteiger partial charge in [0.2, 0.25) is 0 Å². The third-order valence-corrected chi connectivity index (χ3v) is 4.24. The standard InChI is InChI=1S/C19H18ClF3N4O2/c1-10(2)27-17-14(8-24-27)13(6-11(3)25-17)18(28)26-15-7-12(20)4-5-16(15)29-9-19(21,22)23/h4-8,10H,9H2,1-3H3,(H,26,28). The number of halogens is 4. The fourth-order valence-electron chi connectivity index (χ4n) is 2.78. The number of ether oxygens (including phenoxy) is 1. The van der Waals surface area contributed by atoms with E-state index in [1.807, 2.05) is 13.8 Å². The number of anilines is 1. The first-order chi connectivity index (χ1) is 13.5. The number of nitrogens with zero attached hydrogens (tertiary/aromatic N) is 3. The molecule has 0 fully saturated rings. The maximum Gasteiger partial charge on any atom is 0.422 e. The minimum absolute atomic E-state index is 0.0330. The fraction of sp³-hybridized carbons (Fsp3) is 0.316. The lowest BCUT2D eigenvalue weighted by molar-refractivity contribution is -0.153. The van der Waals surface area contributed by atoms with Crippen LogP contribution in [0.4, 0.5) is 18.9 Å². The molecule has 0 unspecified atom stereocenters. The first-order valence-electron chi connectivity index (χ1n) is 8.70. The van der Waals surface area contributed by atoms with Crippen LogP contribution in [0.3, 0.4) is 0 Å². The average Bonchev–Trinajstić information content (AvgIpc) is 3.03. The van der Waals surface area contributed by atoms with E-state index in [1.165, 1.54) is 24.4 Å². The first kappa shape index (κ1) is 20.9. The number of nitrogens with one attached hydrogen (secondary N) is 1. The number of amides is 1. The number of carbonyl (C=O) groups is 1. The van der Waals surface area contributed by atoms with E-state index in [0.717, 1.165) is 0 Å². The van der Waals surface area contributed by atoms with E-state index in [4.69, 9.17) is 16.3 Å². The van der Waals surface area contributed by atoms with Crippen molar-refractivity contribution < 1.29 is 22.7 Å². The second-order valence-corrected chi connectivity index (χ2v) is 7.17. The van der Waals surface area contributed by atoms with Crippen LogP contribution in [0, 0.1) is 6.92 Å². The molecule has 0 aliphatic carbocycles. The zero-order valence-electron chi connectivity index (χ0n) is 15.8. The Kier molecular flexibility index (Phi) is 5.70. The van der Waals surface area contributed by atoms with Crippen molar-refractivity contribution in [2.45, 2.75) is 33.0 Å². The molecule has 0 aliphatic rings. The van der Waals surface area contributed by atoms with Crippen molar-refractivity contribution >= 4 is 34.2 Å². The van der Waals surface area contributed by atoms with Crippen LogP contribution < -0.4 is 10.1 Å². The molecule has 154 valence electrons. The van der Waals surface area contributed by atoms with Gasteiger partial charge in [0, 0.05) is 16.8 Å². The highest BCUT2D eigenvalue weighted by Gasteiger charge is 2.29. The lowest BCUT2D eigenvalue weighted by Crippen LogP contribution is -2.20. The van der Waals surface area contributed by atoms with Crippen molar-refractivity contribution in [3.05, 3.63) is 46.7 Å². The summed E-state index contributed by atoms with van der Waals surface area (Å²) in [6.45, 7) is 4.13. The molecule has 0 saturated carbocycles. The van der Waals surface area contributed by atoms with Crippen LogP contribution in [0.5, 0.6) is 5.75 Å². The summed E-state index contributed by atoms with van der Waals surface area (Å²) >= 11 is 5.94. The number of alkyl halides is 3. The van der Waals surface area contributed by atoms with E-state index in [1.54, 1.807) is 17.7 Å². The summed E-state index contributed by atoms with van der Waals surface area (Å²) in [4.78, 5) is 17.4. The molecule has 0 spiro atoms. The monoisotopic (exact) mass is 426 g/mol. The van der Waals surface area contributed by atoms with E-state index in [-0.39, 0.29) is 22.5 Å². The van der Waals surface area contributed by atoms with Crippen molar-refractivity contribution in [1.82, 2.24) is 14.8 Å². The molecule has 0 saturated heterocycles. The number of hydrogen-bond donors (Lipinski definition) is 1. The Balaban J connectivity index is 1.96. The van der Waals surface area contributed by atoms with Crippen molar-refractivity contribution in [2.24, 2.45) is 0 Å². The van der Waals surface area contributed by atoms with E-state index in [9.17, 15) is 18.0 Å². The molecular formula is C19H18ClF3N4O2. The molecular weight excluding hydrogens is 409 g/mol. The molecule has 29 heavy (non-hydrogen) atoms. The molecule has 1 amide bonds. The van der Waals surface area contributed by atoms with Gasteiger partial charge in [-0.15, -0.1) is 0 Å². The Bertz CT molecular complexity index is 1060. The van der Waals surface area contributed by atoms with Gasteiger partial charge in [-0.1, -0.05) is 11.6 Å². The predicted octanol–water partition coefficient (Wildman–Crippen LogP) is 5.17. The minimum Gasteiger partial charge on any atom is -0.482 e. The van der Waals surface area contributed by atoms with Crippen molar-refractivity contribution in [3.8, 4) is 5.75 Å². The van der Waals surface area contributed by atoms with Crippen LogP contribution in [0.15, 0.2) is 30.5 Å². The van der Waals surface area contributed by atoms with Crippen LogP contribution >= 0.6 is 11.6 Å². The molecule has 3 rings (SSSR count). The zero-order valence-corrected chi connectivity index (χ0v) is 16.6. The summed E-state index contributed by atoms with van der Waals surface area (Å²) in [5.41, 5.74) is 1.47. The number of fused-ring (bicyclic) bond motifs is 1. The van der Waals surface area contributed by atoms with Crippen LogP contribution in [-0.4, -0.2) is 33.5 Å². The molecule has 0 radical (unpaired) electrons. The molecule has 6 nitrogen and oxygen atoms in total. The Morgan fingerprint density at radius 1 is 1.31 bits per heavy atom. The smallest absolute Gasteiger partial charge is 0.422 e. The second-order valence-electron chi connectivity index (χ2n) is 6.73. The summed E-state index contributed by atoms with van der Waals surface area (Å²) in [7, 11) is 0. The minimum atomic E-state index is -4.51. The number of benzene rings is 1. The van der Waals surface area contributed by atoms with Gasteiger partial charge < -0.3 is 10.1 Å². The Hall–Kier alpha value is -2.81. The quantitative estimate of drug-likeness (QED) is 0.611. The van der Waals surface area contributed by atoms with Gasteiger partial charge in [-0.25, -0.2) is 9.67 Å². The topological polar surface area (TPSA) is 69.0 Å². The summed E-state index contributed by atoms with van der Waals surface area (Å²) < 4.78 is 44.0. The fourth-order valence-corrected chi connectivity index (χ4v) is 2.96. The van der Waals surface area contributed by atoms with Crippen LogP contribution in [-0.2, 0) is 0 Å². The molecule has 1 N–H and O–H groups in total. The first-order valence-corrected chi connectivity index (χ1v) is 9.08. The maximum atomic E-state index is 12.9. The number of pyridine rings is 1. The Labute approximate surface area is 169 Å². The normalized spacial score (nSPS) is 11.9. The maximum absolute atomic E-state index is 12.9. The second kappa shape index (κ2) is 7.90. The van der Waals surface area contributed by atoms with Gasteiger partial charge >= 0.3 is 6.18 Å². The Morgan fingerprint density at radius 3 is 2.69 bits per heavy atom. The van der Waals surface area contributed by atoms with Gasteiger partial charge in [0.25, 0.3) is 5.91 Å². The lowest BCUT2D eigenvalue weighted by Gasteiger charge is -2.15. The van der Waals surface area contributed by atoms with E-state index >= 15 is 0 Å². The number of hydrogen-bond acceptors (Lipinski definition) is 4. The van der Waals surface area contributed by atoms with Crippen LogP contribution in [0.2, 0.25) is 5.02 Å². The molecule has 10 heteroatoms. The summed E-state index contributed by atoms with van der Waals surface area (Å²) in [6, 6.07) is 5.60. The molecule has 2 aromatic heterocycles. The Morgan fingerprint density at radius 2 is 2.03 bits per heavy atom. The highest BCUT2D eigenvalue weighted by Crippen LogP contribution is 2.31. The average molecular weight is 427 g/mol. The lowest BCUT2D eigenvalue weighted by atomic mass is 10.1. The van der Waals surface area contributed by atoms with E-state index in [0.29, 0.717) is 22.3 Å². The highest BCUT2D eigenvalue weighted by molar-refractivity contribution is 6.31. The third-order valence-electron chi connectivity index (χ3n) is 4.01. The molecule has 0 aliphatic heterocycles. The molecule has 0 bridgehead atoms. The highest BCUT2D eigenvalue weighted by atomic mass is 35.5. The summed E-state index contributed by atoms with van der Waals surface area (Å²) in [5, 5.41) is 7.63. The molecule has 1 aromatic carbocycles. The van der Waals surface area contributed by atoms with Gasteiger partial charge in [-0.05, 0) is 45.0 Å². The van der Waals surface area contributed by atoms with E-state index < -0.39 is 18.7 Å². The van der Waals surface area contributed by atoms with Crippen LogP contribution in [0.25, 0.3) is 11.0 Å². The van der Waals surface area contributed by atoms with Gasteiger partial charge in [0.1, 0.15) is 5.75 Å². The van der Waals surface area contributed by atoms with E-state index in [2.05, 4.69) is 15.4 Å². The summed E-state index contributed by atoms with van der Waals surface area (Å²) in [6.07, 6.45) is -2.98. The number of carbonyl (C=O) groups excluding carboxylic acids is 1. The van der Waals surface area contributed by atoms with Gasteiger partial charge in [-0.3, -0.25) is 4.79 Å². The van der Waals surface area contributed by atoms with Crippen molar-refractivity contribution in [3.63, 3.8) is 0 Å². The van der Waals surface area contributed by atoms with Crippen molar-refractivity contribution in [1.29, 1.82) is 0 Å². The number of rotatable bonds is 5. The van der Waals surface area contributed by atoms with Crippen LogP contribution in [0.1, 0.15) is 35.9 Å². The third kappa shape index (κ3) is 4.79. The SMILES string of the molecule is Cc1cc(C(=O)Nc2cc(Cl)ccc2OCC(F)(F)F)c2cnn(C(C)C)c2n1. The molecule has 0 atom stereocenters. The van der Waals surface area contributed by atoms with Gasteiger partial charge in [0.15, 0.2) is 12.3 Å². The number of aromatic nitrogens is 3. The predicted molar refractivity (Wildman–Crippen MR) is 104 cm³/mol. The largest absolute Gasteiger partial charge is 0.482 e. The molecule has 3 aromatic rings. The van der Waals surface area contributed by atoms with Gasteiger partial charge in [-0.2, -0.15) is 18.3 Å². The zero-order chi connectivity index (χ0) is 21.3. The van der Waals surface area contributed by atoms with Crippen molar-refractivity contribution in [2.75, 3.05) is 11.9 Å². The molecule has 2 heterocycles. The number of aryl methyl sites for hydroxylation is 1.